The molecule has 1 amide bonds. The van der Waals surface area contributed by atoms with Gasteiger partial charge in [0.25, 0.3) is 11.5 Å². The smallest absolute Gasteiger partial charge is 0.328 e. The Balaban J connectivity index is 1.48. The lowest BCUT2D eigenvalue weighted by Crippen LogP contribution is -2.51. The SMILES string of the molecule is CNC(=O)c1ccc(N2CCN(Cc3cc4[nH]c(=O)n(C)c(=O)c4s3)C(C)C2)c(F)n1. The molecule has 3 aromatic rings. The van der Waals surface area contributed by atoms with Crippen LogP contribution < -0.4 is 21.5 Å². The number of aromatic nitrogens is 3. The highest BCUT2D eigenvalue weighted by molar-refractivity contribution is 7.18. The second-order valence-electron chi connectivity index (χ2n) is 7.60. The van der Waals surface area contributed by atoms with E-state index in [2.05, 4.69) is 27.1 Å². The molecule has 3 aromatic heterocycles. The zero-order valence-electron chi connectivity index (χ0n) is 17.4. The first kappa shape index (κ1) is 21.2. The summed E-state index contributed by atoms with van der Waals surface area (Å²) in [7, 11) is 2.93. The highest BCUT2D eigenvalue weighted by Crippen LogP contribution is 2.26. The molecule has 4 rings (SSSR count). The predicted molar refractivity (Wildman–Crippen MR) is 117 cm³/mol. The summed E-state index contributed by atoms with van der Waals surface area (Å²) in [6.45, 7) is 4.59. The number of piperazine rings is 1. The largest absolute Gasteiger partial charge is 0.365 e. The minimum Gasteiger partial charge on any atom is -0.365 e. The summed E-state index contributed by atoms with van der Waals surface area (Å²) in [5.74, 6) is -1.09. The Morgan fingerprint density at radius 2 is 2.13 bits per heavy atom. The number of carbonyl (C=O) groups is 1. The number of aromatic amines is 1. The third-order valence-corrected chi connectivity index (χ3v) is 6.69. The molecule has 1 aliphatic rings. The summed E-state index contributed by atoms with van der Waals surface area (Å²) < 4.78 is 16.1. The summed E-state index contributed by atoms with van der Waals surface area (Å²) in [4.78, 5) is 47.4. The fourth-order valence-corrected chi connectivity index (χ4v) is 4.90. The highest BCUT2D eigenvalue weighted by atomic mass is 32.1. The van der Waals surface area contributed by atoms with Crippen LogP contribution in [-0.4, -0.2) is 58.1 Å². The molecule has 11 heteroatoms. The lowest BCUT2D eigenvalue weighted by Gasteiger charge is -2.40. The van der Waals surface area contributed by atoms with Crippen molar-refractivity contribution in [2.24, 2.45) is 7.05 Å². The van der Waals surface area contributed by atoms with Crippen LogP contribution in [0.25, 0.3) is 10.2 Å². The van der Waals surface area contributed by atoms with Gasteiger partial charge in [-0.3, -0.25) is 19.1 Å². The van der Waals surface area contributed by atoms with E-state index < -0.39 is 17.5 Å². The van der Waals surface area contributed by atoms with Crippen molar-refractivity contribution < 1.29 is 9.18 Å². The van der Waals surface area contributed by atoms with Gasteiger partial charge in [0.15, 0.2) is 0 Å². The van der Waals surface area contributed by atoms with Crippen LogP contribution in [-0.2, 0) is 13.6 Å². The van der Waals surface area contributed by atoms with E-state index in [1.165, 1.54) is 31.5 Å². The third-order valence-electron chi connectivity index (χ3n) is 5.58. The van der Waals surface area contributed by atoms with E-state index in [0.29, 0.717) is 42.1 Å². The van der Waals surface area contributed by atoms with Crippen LogP contribution in [0.2, 0.25) is 0 Å². The molecule has 0 radical (unpaired) electrons. The maximum atomic E-state index is 14.5. The Bertz CT molecular complexity index is 1270. The highest BCUT2D eigenvalue weighted by Gasteiger charge is 2.27. The summed E-state index contributed by atoms with van der Waals surface area (Å²) in [5, 5.41) is 2.43. The van der Waals surface area contributed by atoms with E-state index in [4.69, 9.17) is 0 Å². The molecule has 1 unspecified atom stereocenters. The number of anilines is 1. The van der Waals surface area contributed by atoms with Crippen molar-refractivity contribution >= 4 is 33.1 Å². The maximum Gasteiger partial charge on any atom is 0.328 e. The van der Waals surface area contributed by atoms with Crippen LogP contribution in [0.5, 0.6) is 0 Å². The molecule has 0 aliphatic carbocycles. The Labute approximate surface area is 181 Å². The molecule has 1 fully saturated rings. The van der Waals surface area contributed by atoms with Crippen molar-refractivity contribution in [1.29, 1.82) is 0 Å². The van der Waals surface area contributed by atoms with E-state index in [9.17, 15) is 18.8 Å². The molecule has 9 nitrogen and oxygen atoms in total. The molecule has 1 aliphatic heterocycles. The van der Waals surface area contributed by atoms with Gasteiger partial charge in [0.2, 0.25) is 5.95 Å². The normalized spacial score (nSPS) is 17.3. The van der Waals surface area contributed by atoms with Crippen LogP contribution >= 0.6 is 11.3 Å². The van der Waals surface area contributed by atoms with E-state index in [0.717, 1.165) is 9.44 Å². The van der Waals surface area contributed by atoms with Crippen LogP contribution in [0.15, 0.2) is 27.8 Å². The fourth-order valence-electron chi connectivity index (χ4n) is 3.78. The minimum absolute atomic E-state index is 0.0457. The number of thiophene rings is 1. The summed E-state index contributed by atoms with van der Waals surface area (Å²) in [5.41, 5.74) is 0.258. The number of fused-ring (bicyclic) bond motifs is 1. The van der Waals surface area contributed by atoms with Crippen LogP contribution in [0.4, 0.5) is 10.1 Å². The van der Waals surface area contributed by atoms with Gasteiger partial charge in [-0.25, -0.2) is 9.78 Å². The molecule has 0 saturated carbocycles. The summed E-state index contributed by atoms with van der Waals surface area (Å²) >= 11 is 1.38. The number of rotatable bonds is 4. The first-order valence-corrected chi connectivity index (χ1v) is 10.7. The number of amides is 1. The van der Waals surface area contributed by atoms with E-state index in [-0.39, 0.29) is 17.3 Å². The van der Waals surface area contributed by atoms with E-state index >= 15 is 0 Å². The standard InChI is InChI=1S/C20H23FN6O3S/c1-11-9-27(15-5-4-13(18(28)22-2)23-17(15)21)7-6-26(11)10-12-8-14-16(31-12)19(29)25(3)20(30)24-14/h4-5,8,11H,6-7,9-10H2,1-3H3,(H,22,28)(H,24,30). The Morgan fingerprint density at radius 3 is 2.81 bits per heavy atom. The second kappa shape index (κ2) is 8.23. The lowest BCUT2D eigenvalue weighted by molar-refractivity contribution is 0.0957. The van der Waals surface area contributed by atoms with Gasteiger partial charge < -0.3 is 15.2 Å². The molecule has 31 heavy (non-hydrogen) atoms. The van der Waals surface area contributed by atoms with Crippen LogP contribution in [0.1, 0.15) is 22.3 Å². The van der Waals surface area contributed by atoms with Gasteiger partial charge in [0.05, 0.1) is 11.2 Å². The predicted octanol–water partition coefficient (Wildman–Crippen LogP) is 0.893. The van der Waals surface area contributed by atoms with Crippen LogP contribution in [0, 0.1) is 5.95 Å². The van der Waals surface area contributed by atoms with Gasteiger partial charge in [0.1, 0.15) is 10.4 Å². The molecule has 2 N–H and O–H groups in total. The molecule has 0 bridgehead atoms. The number of pyridine rings is 1. The average molecular weight is 447 g/mol. The van der Waals surface area contributed by atoms with Gasteiger partial charge >= 0.3 is 5.69 Å². The van der Waals surface area contributed by atoms with Crippen molar-refractivity contribution in [1.82, 2.24) is 24.8 Å². The number of hydrogen-bond donors (Lipinski definition) is 2. The topological polar surface area (TPSA) is 103 Å². The average Bonchev–Trinajstić information content (AvgIpc) is 3.15. The van der Waals surface area contributed by atoms with Crippen molar-refractivity contribution in [2.45, 2.75) is 19.5 Å². The third kappa shape index (κ3) is 3.98. The van der Waals surface area contributed by atoms with Crippen molar-refractivity contribution in [2.75, 3.05) is 31.6 Å². The number of H-pyrrole nitrogens is 1. The van der Waals surface area contributed by atoms with Gasteiger partial charge in [-0.1, -0.05) is 0 Å². The molecule has 4 heterocycles. The van der Waals surface area contributed by atoms with Crippen LogP contribution in [0.3, 0.4) is 0 Å². The zero-order chi connectivity index (χ0) is 22.3. The molecular weight excluding hydrogens is 423 g/mol. The molecule has 0 spiro atoms. The van der Waals surface area contributed by atoms with Gasteiger partial charge in [-0.05, 0) is 25.1 Å². The molecular formula is C20H23FN6O3S. The Morgan fingerprint density at radius 1 is 1.35 bits per heavy atom. The first-order chi connectivity index (χ1) is 14.8. The van der Waals surface area contributed by atoms with E-state index in [1.54, 1.807) is 6.07 Å². The summed E-state index contributed by atoms with van der Waals surface area (Å²) in [6, 6.07) is 5.09. The van der Waals surface area contributed by atoms with Crippen molar-refractivity contribution in [3.05, 3.63) is 55.6 Å². The summed E-state index contributed by atoms with van der Waals surface area (Å²) in [6.07, 6.45) is 0. The van der Waals surface area contributed by atoms with Crippen molar-refractivity contribution in [3.63, 3.8) is 0 Å². The van der Waals surface area contributed by atoms with Gasteiger partial charge in [-0.2, -0.15) is 4.39 Å². The second-order valence-corrected chi connectivity index (χ2v) is 8.74. The number of hydrogen-bond acceptors (Lipinski definition) is 7. The fraction of sp³-hybridized carbons (Fsp3) is 0.400. The first-order valence-electron chi connectivity index (χ1n) is 9.88. The Kier molecular flexibility index (Phi) is 5.63. The molecule has 1 saturated heterocycles. The molecule has 0 aromatic carbocycles. The monoisotopic (exact) mass is 446 g/mol. The van der Waals surface area contributed by atoms with Gasteiger partial charge in [0, 0.05) is 51.2 Å². The van der Waals surface area contributed by atoms with Crippen molar-refractivity contribution in [3.8, 4) is 0 Å². The molecule has 164 valence electrons. The van der Waals surface area contributed by atoms with E-state index in [1.807, 2.05) is 11.0 Å². The maximum absolute atomic E-state index is 14.5. The Hall–Kier alpha value is -3.05. The van der Waals surface area contributed by atoms with Gasteiger partial charge in [-0.15, -0.1) is 11.3 Å². The number of nitrogens with zero attached hydrogens (tertiary/aromatic N) is 4. The number of carbonyl (C=O) groups excluding carboxylic acids is 1. The quantitative estimate of drug-likeness (QED) is 0.577. The molecule has 1 atom stereocenters. The minimum atomic E-state index is -0.661. The number of nitrogens with one attached hydrogen (secondary N) is 2. The zero-order valence-corrected chi connectivity index (χ0v) is 18.3. The lowest BCUT2D eigenvalue weighted by atomic mass is 10.1. The number of halogens is 1.